The predicted molar refractivity (Wildman–Crippen MR) is 74.6 cm³/mol. The fourth-order valence-electron chi connectivity index (χ4n) is 2.67. The lowest BCUT2D eigenvalue weighted by atomic mass is 9.94. The number of halogens is 3. The first-order valence-corrected chi connectivity index (χ1v) is 7.11. The zero-order chi connectivity index (χ0) is 15.5. The fraction of sp³-hybridized carbons (Fsp3) is 0.533. The Hall–Kier alpha value is -1.56. The van der Waals surface area contributed by atoms with Gasteiger partial charge in [0, 0.05) is 11.7 Å². The van der Waals surface area contributed by atoms with Crippen molar-refractivity contribution in [1.29, 1.82) is 0 Å². The van der Waals surface area contributed by atoms with E-state index in [1.165, 1.54) is 12.1 Å². The van der Waals surface area contributed by atoms with Crippen LogP contribution in [0.2, 0.25) is 0 Å². The predicted octanol–water partition coefficient (Wildman–Crippen LogP) is 3.55. The Morgan fingerprint density at radius 3 is 2.62 bits per heavy atom. The molecule has 21 heavy (non-hydrogen) atoms. The van der Waals surface area contributed by atoms with E-state index in [4.69, 9.17) is 5.73 Å². The molecule has 3 N–H and O–H groups in total. The van der Waals surface area contributed by atoms with Crippen molar-refractivity contribution < 1.29 is 18.0 Å². The number of hydrogen-bond acceptors (Lipinski definition) is 2. The molecule has 0 aromatic heterocycles. The Labute approximate surface area is 121 Å². The molecule has 1 aliphatic rings. The molecule has 1 aromatic carbocycles. The zero-order valence-corrected chi connectivity index (χ0v) is 11.6. The van der Waals surface area contributed by atoms with Crippen molar-refractivity contribution in [2.45, 2.75) is 44.3 Å². The van der Waals surface area contributed by atoms with Gasteiger partial charge < -0.3 is 11.1 Å². The van der Waals surface area contributed by atoms with Crippen LogP contribution in [0.15, 0.2) is 24.3 Å². The Kier molecular flexibility index (Phi) is 4.88. The van der Waals surface area contributed by atoms with E-state index < -0.39 is 11.7 Å². The van der Waals surface area contributed by atoms with Gasteiger partial charge in [0.25, 0.3) is 0 Å². The second kappa shape index (κ2) is 6.47. The molecular weight excluding hydrogens is 281 g/mol. The molecule has 0 bridgehead atoms. The molecule has 116 valence electrons. The molecule has 1 fully saturated rings. The van der Waals surface area contributed by atoms with Gasteiger partial charge in [-0.1, -0.05) is 25.3 Å². The van der Waals surface area contributed by atoms with Gasteiger partial charge in [-0.05, 0) is 31.0 Å². The maximum absolute atomic E-state index is 12.6. The van der Waals surface area contributed by atoms with Crippen molar-refractivity contribution in [1.82, 2.24) is 0 Å². The van der Waals surface area contributed by atoms with Gasteiger partial charge in [-0.3, -0.25) is 4.79 Å². The van der Waals surface area contributed by atoms with E-state index in [1.54, 1.807) is 0 Å². The maximum atomic E-state index is 12.6. The molecule has 0 aliphatic heterocycles. The van der Waals surface area contributed by atoms with Crippen LogP contribution in [-0.4, -0.2) is 11.9 Å². The molecule has 0 radical (unpaired) electrons. The first kappa shape index (κ1) is 15.8. The average Bonchev–Trinajstić information content (AvgIpc) is 2.62. The molecule has 6 heteroatoms. The zero-order valence-electron chi connectivity index (χ0n) is 11.6. The quantitative estimate of drug-likeness (QED) is 0.821. The molecule has 1 aliphatic carbocycles. The highest BCUT2D eigenvalue weighted by Gasteiger charge is 2.31. The summed E-state index contributed by atoms with van der Waals surface area (Å²) in [7, 11) is 0. The van der Waals surface area contributed by atoms with Crippen molar-refractivity contribution in [3.63, 3.8) is 0 Å². The number of hydrogen-bond donors (Lipinski definition) is 2. The van der Waals surface area contributed by atoms with Crippen molar-refractivity contribution in [2.24, 2.45) is 11.7 Å². The van der Waals surface area contributed by atoms with Gasteiger partial charge in [-0.2, -0.15) is 13.2 Å². The standard InChI is InChI=1S/C15H19F3N2O/c16-15(17,18)10-5-4-6-11(9-10)20-14(21)12-7-2-1-3-8-13(12)19/h4-6,9,12-13H,1-3,7-8,19H2,(H,20,21). The number of carbonyl (C=O) groups is 1. The summed E-state index contributed by atoms with van der Waals surface area (Å²) < 4.78 is 37.9. The third-order valence-electron chi connectivity index (χ3n) is 3.86. The van der Waals surface area contributed by atoms with Crippen molar-refractivity contribution in [3.8, 4) is 0 Å². The van der Waals surface area contributed by atoms with Crippen LogP contribution in [0.1, 0.15) is 37.7 Å². The van der Waals surface area contributed by atoms with Gasteiger partial charge in [0.2, 0.25) is 5.91 Å². The molecular formula is C15H19F3N2O. The van der Waals surface area contributed by atoms with E-state index in [0.717, 1.165) is 37.8 Å². The number of rotatable bonds is 2. The van der Waals surface area contributed by atoms with Crippen LogP contribution in [0, 0.1) is 5.92 Å². The van der Waals surface area contributed by atoms with Crippen molar-refractivity contribution in [2.75, 3.05) is 5.32 Å². The van der Waals surface area contributed by atoms with Crippen molar-refractivity contribution in [3.05, 3.63) is 29.8 Å². The highest BCUT2D eigenvalue weighted by atomic mass is 19.4. The van der Waals surface area contributed by atoms with E-state index in [9.17, 15) is 18.0 Å². The van der Waals surface area contributed by atoms with Gasteiger partial charge in [0.15, 0.2) is 0 Å². The highest BCUT2D eigenvalue weighted by molar-refractivity contribution is 5.93. The average molecular weight is 300 g/mol. The minimum absolute atomic E-state index is 0.159. The summed E-state index contributed by atoms with van der Waals surface area (Å²) in [5.74, 6) is -0.620. The molecule has 0 spiro atoms. The first-order valence-electron chi connectivity index (χ1n) is 7.11. The molecule has 2 rings (SSSR count). The van der Waals surface area contributed by atoms with Gasteiger partial charge in [-0.25, -0.2) is 0 Å². The Balaban J connectivity index is 2.08. The smallest absolute Gasteiger partial charge is 0.327 e. The minimum Gasteiger partial charge on any atom is -0.327 e. The third kappa shape index (κ3) is 4.20. The molecule has 2 unspecified atom stereocenters. The van der Waals surface area contributed by atoms with Crippen LogP contribution in [0.4, 0.5) is 18.9 Å². The lowest BCUT2D eigenvalue weighted by molar-refractivity contribution is -0.137. The van der Waals surface area contributed by atoms with Crippen LogP contribution in [-0.2, 0) is 11.0 Å². The molecule has 1 saturated carbocycles. The van der Waals surface area contributed by atoms with Crippen molar-refractivity contribution >= 4 is 11.6 Å². The first-order chi connectivity index (χ1) is 9.88. The molecule has 1 amide bonds. The SMILES string of the molecule is NC1CCCCCC1C(=O)Nc1cccc(C(F)(F)F)c1. The maximum Gasteiger partial charge on any atom is 0.416 e. The number of carbonyl (C=O) groups excluding carboxylic acids is 1. The topological polar surface area (TPSA) is 55.1 Å². The fourth-order valence-corrected chi connectivity index (χ4v) is 2.67. The van der Waals surface area contributed by atoms with E-state index in [-0.39, 0.29) is 23.6 Å². The van der Waals surface area contributed by atoms with Crippen LogP contribution in [0.3, 0.4) is 0 Å². The molecule has 0 heterocycles. The molecule has 1 aromatic rings. The van der Waals surface area contributed by atoms with E-state index in [2.05, 4.69) is 5.32 Å². The summed E-state index contributed by atoms with van der Waals surface area (Å²) in [6.45, 7) is 0. The monoisotopic (exact) mass is 300 g/mol. The third-order valence-corrected chi connectivity index (χ3v) is 3.86. The van der Waals surface area contributed by atoms with Crippen LogP contribution in [0.25, 0.3) is 0 Å². The second-order valence-electron chi connectivity index (χ2n) is 5.48. The Morgan fingerprint density at radius 1 is 1.19 bits per heavy atom. The number of amides is 1. The summed E-state index contributed by atoms with van der Waals surface area (Å²) in [5.41, 5.74) is 5.38. The second-order valence-corrected chi connectivity index (χ2v) is 5.48. The number of benzene rings is 1. The van der Waals surface area contributed by atoms with E-state index >= 15 is 0 Å². The van der Waals surface area contributed by atoms with E-state index in [1.807, 2.05) is 0 Å². The molecule has 0 saturated heterocycles. The van der Waals surface area contributed by atoms with Gasteiger partial charge in [-0.15, -0.1) is 0 Å². The lowest BCUT2D eigenvalue weighted by Crippen LogP contribution is -2.37. The Bertz CT molecular complexity index is 502. The van der Waals surface area contributed by atoms with Crippen LogP contribution < -0.4 is 11.1 Å². The summed E-state index contributed by atoms with van der Waals surface area (Å²) in [6.07, 6.45) is 0.00994. The number of alkyl halides is 3. The van der Waals surface area contributed by atoms with Gasteiger partial charge >= 0.3 is 6.18 Å². The Morgan fingerprint density at radius 2 is 1.90 bits per heavy atom. The number of nitrogens with one attached hydrogen (secondary N) is 1. The van der Waals surface area contributed by atoms with Crippen LogP contribution >= 0.6 is 0 Å². The molecule has 2 atom stereocenters. The summed E-state index contributed by atoms with van der Waals surface area (Å²) in [4.78, 5) is 12.2. The number of nitrogens with two attached hydrogens (primary N) is 1. The van der Waals surface area contributed by atoms with E-state index in [0.29, 0.717) is 6.42 Å². The van der Waals surface area contributed by atoms with Crippen LogP contribution in [0.5, 0.6) is 0 Å². The largest absolute Gasteiger partial charge is 0.416 e. The molecule has 3 nitrogen and oxygen atoms in total. The van der Waals surface area contributed by atoms with Gasteiger partial charge in [0.1, 0.15) is 0 Å². The highest BCUT2D eigenvalue weighted by Crippen LogP contribution is 2.31. The number of anilines is 1. The lowest BCUT2D eigenvalue weighted by Gasteiger charge is -2.20. The minimum atomic E-state index is -4.42. The normalized spacial score (nSPS) is 23.4. The summed E-state index contributed by atoms with van der Waals surface area (Å²) in [6, 6.07) is 4.44. The summed E-state index contributed by atoms with van der Waals surface area (Å²) in [5, 5.41) is 2.56. The summed E-state index contributed by atoms with van der Waals surface area (Å²) >= 11 is 0. The van der Waals surface area contributed by atoms with Gasteiger partial charge in [0.05, 0.1) is 11.5 Å².